The number of nitrogens with one attached hydrogen (secondary N) is 2. The first kappa shape index (κ1) is 26.9. The van der Waals surface area contributed by atoms with Crippen LogP contribution in [0.2, 0.25) is 0 Å². The quantitative estimate of drug-likeness (QED) is 0.233. The van der Waals surface area contributed by atoms with E-state index in [9.17, 15) is 14.4 Å². The Morgan fingerprint density at radius 1 is 1.03 bits per heavy atom. The lowest BCUT2D eigenvalue weighted by Gasteiger charge is -2.31. The molecule has 2 aromatic rings. The van der Waals surface area contributed by atoms with Crippen molar-refractivity contribution in [2.24, 2.45) is 0 Å². The summed E-state index contributed by atoms with van der Waals surface area (Å²) in [5.74, 6) is 3.94. The predicted octanol–water partition coefficient (Wildman–Crippen LogP) is 1.39. The van der Waals surface area contributed by atoms with Gasteiger partial charge in [-0.05, 0) is 54.8 Å². The number of hydroxylamine groups is 1. The number of rotatable bonds is 7. The van der Waals surface area contributed by atoms with Gasteiger partial charge >= 0.3 is 0 Å². The van der Waals surface area contributed by atoms with E-state index in [1.54, 1.807) is 31.4 Å². The Kier molecular flexibility index (Phi) is 9.59. The average Bonchev–Trinajstić information content (AvgIpc) is 2.92. The van der Waals surface area contributed by atoms with Gasteiger partial charge in [0.15, 0.2) is 6.04 Å². The number of carbonyl (C=O) groups excluding carboxylic acids is 3. The molecule has 3 rings (SSSR count). The number of benzene rings is 2. The van der Waals surface area contributed by atoms with Crippen LogP contribution in [0.15, 0.2) is 48.5 Å². The van der Waals surface area contributed by atoms with Crippen molar-refractivity contribution in [2.45, 2.75) is 31.5 Å². The molecular formula is C27H32N4O5. The Balaban J connectivity index is 1.60. The van der Waals surface area contributed by atoms with Gasteiger partial charge in [0.1, 0.15) is 0 Å². The first-order valence-electron chi connectivity index (χ1n) is 11.7. The number of piperidine rings is 1. The summed E-state index contributed by atoms with van der Waals surface area (Å²) in [5.41, 5.74) is 4.55. The molecule has 1 fully saturated rings. The predicted molar refractivity (Wildman–Crippen MR) is 134 cm³/mol. The third-order valence-corrected chi connectivity index (χ3v) is 6.27. The summed E-state index contributed by atoms with van der Waals surface area (Å²) in [6, 6.07) is 13.2. The molecule has 0 saturated carbocycles. The fraction of sp³-hybridized carbons (Fsp3) is 0.370. The first-order chi connectivity index (χ1) is 17.4. The molecule has 9 heteroatoms. The maximum atomic E-state index is 12.8. The molecule has 0 spiro atoms. The van der Waals surface area contributed by atoms with Gasteiger partial charge in [-0.1, -0.05) is 24.0 Å². The number of hydrogen-bond acceptors (Lipinski definition) is 6. The van der Waals surface area contributed by atoms with Crippen LogP contribution in [-0.2, 0) is 20.9 Å². The Morgan fingerprint density at radius 3 is 2.08 bits per heavy atom. The van der Waals surface area contributed by atoms with Crippen LogP contribution in [0.3, 0.4) is 0 Å². The van der Waals surface area contributed by atoms with Gasteiger partial charge in [-0.15, -0.1) is 0 Å². The number of amides is 3. The second kappa shape index (κ2) is 12.8. The molecule has 1 unspecified atom stereocenters. The minimum atomic E-state index is -1.51. The molecule has 3 amide bonds. The normalized spacial score (nSPS) is 14.8. The molecule has 1 aliphatic heterocycles. The highest BCUT2D eigenvalue weighted by atomic mass is 16.5. The van der Waals surface area contributed by atoms with E-state index in [1.165, 1.54) is 25.1 Å². The number of hydrogen-bond donors (Lipinski definition) is 3. The smallest absolute Gasteiger partial charge is 0.275 e. The number of carbonyl (C=O) groups is 3. The topological polar surface area (TPSA) is 111 Å². The SMILES string of the molecule is CNC(=O)C(C(=O)NO)N(C)C(=O)c1ccc(C#Cc2ccc(CN3CCC(OC)CC3)cc2)cc1. The molecule has 0 aliphatic carbocycles. The number of methoxy groups -OCH3 is 1. The van der Waals surface area contributed by atoms with Gasteiger partial charge < -0.3 is 15.0 Å². The van der Waals surface area contributed by atoms with Crippen LogP contribution in [0.5, 0.6) is 0 Å². The summed E-state index contributed by atoms with van der Waals surface area (Å²) in [5, 5.41) is 11.2. The van der Waals surface area contributed by atoms with E-state index < -0.39 is 23.8 Å². The van der Waals surface area contributed by atoms with Crippen molar-refractivity contribution in [3.8, 4) is 11.8 Å². The highest BCUT2D eigenvalue weighted by Gasteiger charge is 2.33. The lowest BCUT2D eigenvalue weighted by atomic mass is 10.1. The lowest BCUT2D eigenvalue weighted by Crippen LogP contribution is -2.54. The standard InChI is InChI=1S/C27H32N4O5/c1-28-25(32)24(26(33)29-35)30(2)27(34)22-12-10-20(11-13-22)5-4-19-6-8-21(9-7-19)18-31-16-14-23(36-3)15-17-31/h6-13,23-24,35H,14-18H2,1-3H3,(H,28,32)(H,29,33). The molecule has 0 aromatic heterocycles. The van der Waals surface area contributed by atoms with Crippen LogP contribution in [-0.4, -0.2) is 79.2 Å². The Labute approximate surface area is 211 Å². The molecule has 0 radical (unpaired) electrons. The van der Waals surface area contributed by atoms with Crippen LogP contribution in [0.4, 0.5) is 0 Å². The maximum absolute atomic E-state index is 12.8. The largest absolute Gasteiger partial charge is 0.381 e. The minimum absolute atomic E-state index is 0.279. The summed E-state index contributed by atoms with van der Waals surface area (Å²) in [6.07, 6.45) is 2.50. The highest BCUT2D eigenvalue weighted by Crippen LogP contribution is 2.16. The highest BCUT2D eigenvalue weighted by molar-refractivity contribution is 6.08. The van der Waals surface area contributed by atoms with Gasteiger partial charge in [-0.3, -0.25) is 24.5 Å². The van der Waals surface area contributed by atoms with Gasteiger partial charge in [0, 0.05) is 57.5 Å². The minimum Gasteiger partial charge on any atom is -0.381 e. The van der Waals surface area contributed by atoms with Crippen LogP contribution in [0.25, 0.3) is 0 Å². The maximum Gasteiger partial charge on any atom is 0.275 e. The molecule has 1 aliphatic rings. The van der Waals surface area contributed by atoms with Crippen LogP contribution >= 0.6 is 0 Å². The van der Waals surface area contributed by atoms with Gasteiger partial charge in [0.05, 0.1) is 6.10 Å². The lowest BCUT2D eigenvalue weighted by molar-refractivity contribution is -0.140. The summed E-state index contributed by atoms with van der Waals surface area (Å²) in [6.45, 7) is 2.99. The van der Waals surface area contributed by atoms with E-state index in [0.717, 1.165) is 48.5 Å². The molecule has 36 heavy (non-hydrogen) atoms. The fourth-order valence-electron chi connectivity index (χ4n) is 4.08. The number of likely N-dealkylation sites (tertiary alicyclic amines) is 1. The monoisotopic (exact) mass is 492 g/mol. The molecule has 1 atom stereocenters. The van der Waals surface area contributed by atoms with Crippen molar-refractivity contribution in [2.75, 3.05) is 34.3 Å². The van der Waals surface area contributed by atoms with Crippen molar-refractivity contribution in [3.05, 3.63) is 70.8 Å². The summed E-state index contributed by atoms with van der Waals surface area (Å²) in [7, 11) is 4.43. The molecule has 9 nitrogen and oxygen atoms in total. The third kappa shape index (κ3) is 6.92. The molecule has 3 N–H and O–H groups in total. The van der Waals surface area contributed by atoms with E-state index >= 15 is 0 Å². The second-order valence-electron chi connectivity index (χ2n) is 8.64. The first-order valence-corrected chi connectivity index (χ1v) is 11.7. The van der Waals surface area contributed by atoms with Crippen LogP contribution in [0.1, 0.15) is 39.9 Å². The Hall–Kier alpha value is -3.71. The number of ether oxygens (including phenoxy) is 1. The Morgan fingerprint density at radius 2 is 1.58 bits per heavy atom. The van der Waals surface area contributed by atoms with Crippen molar-refractivity contribution in [1.82, 2.24) is 20.6 Å². The summed E-state index contributed by atoms with van der Waals surface area (Å²) >= 11 is 0. The zero-order chi connectivity index (χ0) is 26.1. The van der Waals surface area contributed by atoms with Crippen LogP contribution in [0, 0.1) is 11.8 Å². The van der Waals surface area contributed by atoms with Crippen molar-refractivity contribution >= 4 is 17.7 Å². The van der Waals surface area contributed by atoms with Crippen LogP contribution < -0.4 is 10.8 Å². The third-order valence-electron chi connectivity index (χ3n) is 6.27. The van der Waals surface area contributed by atoms with Gasteiger partial charge in [0.2, 0.25) is 0 Å². The molecule has 2 aromatic carbocycles. The number of likely N-dealkylation sites (N-methyl/N-ethyl adjacent to an activating group) is 2. The van der Waals surface area contributed by atoms with E-state index in [0.29, 0.717) is 6.10 Å². The van der Waals surface area contributed by atoms with Crippen molar-refractivity contribution in [3.63, 3.8) is 0 Å². The zero-order valence-corrected chi connectivity index (χ0v) is 20.8. The van der Waals surface area contributed by atoms with Gasteiger partial charge in [-0.25, -0.2) is 5.48 Å². The fourth-order valence-corrected chi connectivity index (χ4v) is 4.08. The molecule has 0 bridgehead atoms. The van der Waals surface area contributed by atoms with Gasteiger partial charge in [-0.2, -0.15) is 0 Å². The number of nitrogens with zero attached hydrogens (tertiary/aromatic N) is 2. The summed E-state index contributed by atoms with van der Waals surface area (Å²) < 4.78 is 5.43. The van der Waals surface area contributed by atoms with E-state index in [-0.39, 0.29) is 5.56 Å². The van der Waals surface area contributed by atoms with Crippen molar-refractivity contribution < 1.29 is 24.3 Å². The molecule has 190 valence electrons. The van der Waals surface area contributed by atoms with Gasteiger partial charge in [0.25, 0.3) is 17.7 Å². The molecular weight excluding hydrogens is 460 g/mol. The Bertz CT molecular complexity index is 1100. The summed E-state index contributed by atoms with van der Waals surface area (Å²) in [4.78, 5) is 40.0. The van der Waals surface area contributed by atoms with Crippen molar-refractivity contribution in [1.29, 1.82) is 0 Å². The van der Waals surface area contributed by atoms with E-state index in [4.69, 9.17) is 9.94 Å². The average molecular weight is 493 g/mol. The van der Waals surface area contributed by atoms with E-state index in [1.807, 2.05) is 12.1 Å². The second-order valence-corrected chi connectivity index (χ2v) is 8.64. The zero-order valence-electron chi connectivity index (χ0n) is 20.8. The molecule has 1 saturated heterocycles. The van der Waals surface area contributed by atoms with E-state index in [2.05, 4.69) is 34.2 Å². The molecule has 1 heterocycles.